The molecule has 1 N–H and O–H groups in total. The molecule has 4 rings (SSSR count). The molecule has 6 heteroatoms. The second-order valence-electron chi connectivity index (χ2n) is 7.06. The zero-order valence-electron chi connectivity index (χ0n) is 15.4. The number of anilines is 1. The predicted octanol–water partition coefficient (Wildman–Crippen LogP) is 3.47. The molecule has 0 spiro atoms. The normalized spacial score (nSPS) is 14.3. The first-order valence-corrected chi connectivity index (χ1v) is 9.39. The van der Waals surface area contributed by atoms with E-state index >= 15 is 0 Å². The minimum atomic E-state index is -0.262. The zero-order chi connectivity index (χ0) is 18.8. The summed E-state index contributed by atoms with van der Waals surface area (Å²) in [5.41, 5.74) is 2.06. The van der Waals surface area contributed by atoms with Gasteiger partial charge in [0, 0.05) is 24.7 Å². The summed E-state index contributed by atoms with van der Waals surface area (Å²) in [7, 11) is 0. The van der Waals surface area contributed by atoms with Gasteiger partial charge in [-0.3, -0.25) is 14.2 Å². The first kappa shape index (κ1) is 17.4. The van der Waals surface area contributed by atoms with Crippen LogP contribution in [0, 0.1) is 6.92 Å². The first-order chi connectivity index (χ1) is 13.1. The van der Waals surface area contributed by atoms with Crippen LogP contribution in [0.25, 0.3) is 10.9 Å². The molecule has 2 aromatic heterocycles. The van der Waals surface area contributed by atoms with Crippen molar-refractivity contribution < 1.29 is 4.79 Å². The average Bonchev–Trinajstić information content (AvgIpc) is 2.65. The summed E-state index contributed by atoms with van der Waals surface area (Å²) in [4.78, 5) is 34.3. The highest BCUT2D eigenvalue weighted by Crippen LogP contribution is 2.17. The lowest BCUT2D eigenvalue weighted by atomic mass is 10.1. The number of carbonyl (C=O) groups excluding carboxylic acids is 1. The summed E-state index contributed by atoms with van der Waals surface area (Å²) in [5, 5.41) is 3.34. The van der Waals surface area contributed by atoms with Crippen LogP contribution in [0.4, 0.5) is 5.82 Å². The van der Waals surface area contributed by atoms with Crippen LogP contribution in [0.1, 0.15) is 47.4 Å². The molecule has 1 aromatic carbocycles. The Hall–Kier alpha value is -3.02. The van der Waals surface area contributed by atoms with Crippen molar-refractivity contribution >= 4 is 22.6 Å². The molecule has 0 radical (unpaired) electrons. The van der Waals surface area contributed by atoms with Crippen molar-refractivity contribution in [3.8, 4) is 0 Å². The van der Waals surface area contributed by atoms with Gasteiger partial charge in [-0.1, -0.05) is 18.9 Å². The molecule has 1 aliphatic heterocycles. The van der Waals surface area contributed by atoms with E-state index in [0.29, 0.717) is 22.3 Å². The summed E-state index contributed by atoms with van der Waals surface area (Å²) >= 11 is 0. The van der Waals surface area contributed by atoms with E-state index < -0.39 is 0 Å². The number of hydrogen-bond donors (Lipinski definition) is 1. The van der Waals surface area contributed by atoms with Gasteiger partial charge in [-0.2, -0.15) is 0 Å². The number of pyridine rings is 1. The van der Waals surface area contributed by atoms with Gasteiger partial charge in [-0.15, -0.1) is 0 Å². The van der Waals surface area contributed by atoms with Crippen LogP contribution >= 0.6 is 0 Å². The van der Waals surface area contributed by atoms with E-state index in [4.69, 9.17) is 4.98 Å². The smallest absolute Gasteiger partial charge is 0.261 e. The van der Waals surface area contributed by atoms with Gasteiger partial charge in [0.1, 0.15) is 11.6 Å². The minimum absolute atomic E-state index is 0.0101. The van der Waals surface area contributed by atoms with Gasteiger partial charge in [0.15, 0.2) is 0 Å². The predicted molar refractivity (Wildman–Crippen MR) is 105 cm³/mol. The lowest BCUT2D eigenvalue weighted by Crippen LogP contribution is -2.26. The van der Waals surface area contributed by atoms with Gasteiger partial charge in [0.05, 0.1) is 10.9 Å². The highest BCUT2D eigenvalue weighted by Gasteiger charge is 2.15. The maximum Gasteiger partial charge on any atom is 0.261 e. The number of nitrogens with one attached hydrogen (secondary N) is 1. The van der Waals surface area contributed by atoms with Crippen LogP contribution < -0.4 is 10.9 Å². The minimum Gasteiger partial charge on any atom is -0.307 e. The number of aryl methyl sites for hydroxylation is 2. The van der Waals surface area contributed by atoms with E-state index in [1.54, 1.807) is 35.0 Å². The number of hydrogen-bond acceptors (Lipinski definition) is 4. The van der Waals surface area contributed by atoms with Crippen molar-refractivity contribution in [3.05, 3.63) is 63.8 Å². The molecule has 0 fully saturated rings. The van der Waals surface area contributed by atoms with Crippen LogP contribution in [0.15, 0.2) is 41.3 Å². The largest absolute Gasteiger partial charge is 0.307 e. The molecule has 6 nitrogen and oxygen atoms in total. The van der Waals surface area contributed by atoms with E-state index in [1.807, 2.05) is 13.0 Å². The fourth-order valence-corrected chi connectivity index (χ4v) is 3.47. The van der Waals surface area contributed by atoms with Gasteiger partial charge in [0.25, 0.3) is 11.5 Å². The number of nitrogens with zero attached hydrogens (tertiary/aromatic N) is 3. The van der Waals surface area contributed by atoms with Crippen LogP contribution in [-0.2, 0) is 13.0 Å². The number of carbonyl (C=O) groups is 1. The molecule has 27 heavy (non-hydrogen) atoms. The second kappa shape index (κ2) is 7.31. The first-order valence-electron chi connectivity index (χ1n) is 9.39. The topological polar surface area (TPSA) is 76.9 Å². The average molecular weight is 362 g/mol. The molecule has 138 valence electrons. The molecule has 1 aliphatic rings. The van der Waals surface area contributed by atoms with Crippen molar-refractivity contribution in [3.63, 3.8) is 0 Å². The summed E-state index contributed by atoms with van der Waals surface area (Å²) in [6.45, 7) is 2.66. The summed E-state index contributed by atoms with van der Waals surface area (Å²) < 4.78 is 1.80. The van der Waals surface area contributed by atoms with Gasteiger partial charge < -0.3 is 5.32 Å². The van der Waals surface area contributed by atoms with E-state index in [-0.39, 0.29) is 11.5 Å². The van der Waals surface area contributed by atoms with Crippen molar-refractivity contribution in [1.82, 2.24) is 14.5 Å². The van der Waals surface area contributed by atoms with Crippen molar-refractivity contribution in [2.24, 2.45) is 0 Å². The Balaban J connectivity index is 1.69. The molecule has 0 saturated heterocycles. The Morgan fingerprint density at radius 2 is 1.96 bits per heavy atom. The van der Waals surface area contributed by atoms with Crippen LogP contribution in [-0.4, -0.2) is 20.4 Å². The fourth-order valence-electron chi connectivity index (χ4n) is 3.47. The Bertz CT molecular complexity index is 1050. The maximum atomic E-state index is 12.9. The third-order valence-electron chi connectivity index (χ3n) is 4.98. The molecule has 0 aliphatic carbocycles. The van der Waals surface area contributed by atoms with Gasteiger partial charge in [-0.05, 0) is 49.6 Å². The van der Waals surface area contributed by atoms with Gasteiger partial charge in [0.2, 0.25) is 0 Å². The Kier molecular flexibility index (Phi) is 4.71. The molecular weight excluding hydrogens is 340 g/mol. The number of aromatic nitrogens is 3. The third-order valence-corrected chi connectivity index (χ3v) is 4.98. The molecule has 3 heterocycles. The number of rotatable bonds is 2. The summed E-state index contributed by atoms with van der Waals surface area (Å²) in [6.07, 6.45) is 6.86. The molecule has 1 amide bonds. The van der Waals surface area contributed by atoms with Crippen LogP contribution in [0.5, 0.6) is 0 Å². The molecule has 0 bridgehead atoms. The highest BCUT2D eigenvalue weighted by atomic mass is 16.1. The highest BCUT2D eigenvalue weighted by molar-refractivity contribution is 6.05. The Morgan fingerprint density at radius 1 is 1.11 bits per heavy atom. The van der Waals surface area contributed by atoms with Crippen LogP contribution in [0.3, 0.4) is 0 Å². The number of benzene rings is 1. The monoisotopic (exact) mass is 362 g/mol. The van der Waals surface area contributed by atoms with Crippen LogP contribution in [0.2, 0.25) is 0 Å². The molecule has 0 saturated carbocycles. The van der Waals surface area contributed by atoms with Gasteiger partial charge >= 0.3 is 0 Å². The van der Waals surface area contributed by atoms with Crippen molar-refractivity contribution in [1.29, 1.82) is 0 Å². The summed E-state index contributed by atoms with van der Waals surface area (Å²) in [6, 6.07) is 8.73. The Labute approximate surface area is 157 Å². The molecule has 3 aromatic rings. The van der Waals surface area contributed by atoms with Crippen molar-refractivity contribution in [2.45, 2.75) is 45.6 Å². The summed E-state index contributed by atoms with van der Waals surface area (Å²) in [5.74, 6) is 1.06. The third kappa shape index (κ3) is 3.60. The van der Waals surface area contributed by atoms with Crippen molar-refractivity contribution in [2.75, 3.05) is 5.32 Å². The number of amides is 1. The van der Waals surface area contributed by atoms with E-state index in [0.717, 1.165) is 43.6 Å². The lowest BCUT2D eigenvalue weighted by molar-refractivity contribution is 0.102. The standard InChI is InChI=1S/C21H22N4O2/c1-14-7-10-18(22-13-14)24-20(26)15-8-9-16-17(12-15)23-19-6-4-2-3-5-11-25(19)21(16)27/h7-10,12-13H,2-6,11H2,1H3,(H,22,24,26). The number of fused-ring (bicyclic) bond motifs is 2. The zero-order valence-corrected chi connectivity index (χ0v) is 15.4. The van der Waals surface area contributed by atoms with E-state index in [2.05, 4.69) is 10.3 Å². The second-order valence-corrected chi connectivity index (χ2v) is 7.06. The molecule has 0 unspecified atom stereocenters. The molecular formula is C21H22N4O2. The maximum absolute atomic E-state index is 12.9. The Morgan fingerprint density at radius 3 is 2.78 bits per heavy atom. The quantitative estimate of drug-likeness (QED) is 0.757. The fraction of sp³-hybridized carbons (Fsp3) is 0.333. The van der Waals surface area contributed by atoms with E-state index in [1.165, 1.54) is 6.42 Å². The van der Waals surface area contributed by atoms with Gasteiger partial charge in [-0.25, -0.2) is 9.97 Å². The SMILES string of the molecule is Cc1ccc(NC(=O)c2ccc3c(=O)n4c(nc3c2)CCCCCC4)nc1. The lowest BCUT2D eigenvalue weighted by Gasteiger charge is -2.16. The van der Waals surface area contributed by atoms with E-state index in [9.17, 15) is 9.59 Å². The molecule has 0 atom stereocenters.